The fourth-order valence-corrected chi connectivity index (χ4v) is 2.76. The first-order chi connectivity index (χ1) is 10.2. The molecule has 1 heterocycles. The number of benzene rings is 2. The fraction of sp³-hybridized carbons (Fsp3) is 0.278. The Bertz CT molecular complexity index is 629. The number of para-hydroxylation sites is 1. The summed E-state index contributed by atoms with van der Waals surface area (Å²) >= 11 is 0. The minimum atomic E-state index is 0.189. The molecule has 3 nitrogen and oxygen atoms in total. The maximum Gasteiger partial charge on any atom is 0.196 e. The van der Waals surface area contributed by atoms with Gasteiger partial charge in [-0.3, -0.25) is 4.99 Å². The van der Waals surface area contributed by atoms with Crippen molar-refractivity contribution in [1.82, 2.24) is 0 Å². The summed E-state index contributed by atoms with van der Waals surface area (Å²) in [6.07, 6.45) is 0. The quantitative estimate of drug-likeness (QED) is 0.931. The zero-order valence-electron chi connectivity index (χ0n) is 12.5. The highest BCUT2D eigenvalue weighted by molar-refractivity contribution is 5.97. The third-order valence-corrected chi connectivity index (χ3v) is 4.01. The van der Waals surface area contributed by atoms with Crippen molar-refractivity contribution in [1.29, 1.82) is 0 Å². The molecule has 3 heteroatoms. The summed E-state index contributed by atoms with van der Waals surface area (Å²) in [5, 5.41) is 0. The van der Waals surface area contributed by atoms with Gasteiger partial charge in [-0.15, -0.1) is 0 Å². The largest absolute Gasteiger partial charge is 0.369 e. The van der Waals surface area contributed by atoms with Gasteiger partial charge in [0.2, 0.25) is 0 Å². The Balaban J connectivity index is 1.91. The Labute approximate surface area is 126 Å². The second kappa shape index (κ2) is 5.60. The van der Waals surface area contributed by atoms with Crippen LogP contribution in [0.1, 0.15) is 36.9 Å². The van der Waals surface area contributed by atoms with Crippen LogP contribution in [0.25, 0.3) is 0 Å². The molecule has 1 atom stereocenters. The normalized spacial score (nSPS) is 18.1. The molecule has 0 aliphatic carbocycles. The first-order valence-corrected chi connectivity index (χ1v) is 7.41. The Hall–Kier alpha value is -2.29. The lowest BCUT2D eigenvalue weighted by atomic mass is 9.98. The third-order valence-electron chi connectivity index (χ3n) is 4.01. The maximum absolute atomic E-state index is 6.09. The molecule has 21 heavy (non-hydrogen) atoms. The van der Waals surface area contributed by atoms with Crippen molar-refractivity contribution in [2.75, 3.05) is 11.4 Å². The number of anilines is 1. The third kappa shape index (κ3) is 2.64. The predicted octanol–water partition coefficient (Wildman–Crippen LogP) is 3.69. The van der Waals surface area contributed by atoms with E-state index in [4.69, 9.17) is 5.73 Å². The van der Waals surface area contributed by atoms with Crippen molar-refractivity contribution in [3.8, 4) is 0 Å². The number of guanidine groups is 1. The molecule has 0 aromatic heterocycles. The van der Waals surface area contributed by atoms with Crippen molar-refractivity contribution >= 4 is 11.6 Å². The molecule has 3 rings (SSSR count). The van der Waals surface area contributed by atoms with Gasteiger partial charge < -0.3 is 10.6 Å². The van der Waals surface area contributed by atoms with Gasteiger partial charge in [0.1, 0.15) is 0 Å². The van der Waals surface area contributed by atoms with E-state index < -0.39 is 0 Å². The average Bonchev–Trinajstić information content (AvgIpc) is 2.90. The minimum absolute atomic E-state index is 0.189. The van der Waals surface area contributed by atoms with Crippen LogP contribution in [0.15, 0.2) is 59.6 Å². The summed E-state index contributed by atoms with van der Waals surface area (Å²) in [6.45, 7) is 5.13. The highest BCUT2D eigenvalue weighted by Crippen LogP contribution is 2.31. The summed E-state index contributed by atoms with van der Waals surface area (Å²) < 4.78 is 0. The van der Waals surface area contributed by atoms with Crippen LogP contribution in [0.3, 0.4) is 0 Å². The molecular weight excluding hydrogens is 258 g/mol. The van der Waals surface area contributed by atoms with Crippen LogP contribution in [0.5, 0.6) is 0 Å². The molecule has 2 aromatic carbocycles. The van der Waals surface area contributed by atoms with Crippen LogP contribution in [0.2, 0.25) is 0 Å². The molecular formula is C18H21N3. The zero-order valence-corrected chi connectivity index (χ0v) is 12.5. The van der Waals surface area contributed by atoms with Gasteiger partial charge in [0.25, 0.3) is 0 Å². The molecule has 108 valence electrons. The molecule has 0 saturated carbocycles. The lowest BCUT2D eigenvalue weighted by Gasteiger charge is -2.26. The topological polar surface area (TPSA) is 41.6 Å². The van der Waals surface area contributed by atoms with E-state index in [1.807, 2.05) is 18.2 Å². The van der Waals surface area contributed by atoms with Gasteiger partial charge in [-0.05, 0) is 29.2 Å². The number of nitrogens with zero attached hydrogens (tertiary/aromatic N) is 2. The number of rotatable bonds is 3. The summed E-state index contributed by atoms with van der Waals surface area (Å²) in [5.74, 6) is 1.15. The van der Waals surface area contributed by atoms with Gasteiger partial charge in [-0.1, -0.05) is 56.3 Å². The van der Waals surface area contributed by atoms with Crippen molar-refractivity contribution in [3.05, 3.63) is 65.7 Å². The lowest BCUT2D eigenvalue weighted by Crippen LogP contribution is -2.36. The van der Waals surface area contributed by atoms with Crippen molar-refractivity contribution in [2.45, 2.75) is 25.8 Å². The molecule has 0 fully saturated rings. The number of aliphatic imine (C=N–C) groups is 1. The Kier molecular flexibility index (Phi) is 3.65. The van der Waals surface area contributed by atoms with Crippen LogP contribution in [0.4, 0.5) is 5.69 Å². The SMILES string of the molecule is CC(C)c1ccc(C2CN=C(N)N2c2ccccc2)cc1. The average molecular weight is 279 g/mol. The molecule has 2 N–H and O–H groups in total. The summed E-state index contributed by atoms with van der Waals surface area (Å²) in [6, 6.07) is 19.2. The lowest BCUT2D eigenvalue weighted by molar-refractivity contribution is 0.766. The van der Waals surface area contributed by atoms with E-state index in [-0.39, 0.29) is 6.04 Å². The van der Waals surface area contributed by atoms with E-state index in [1.165, 1.54) is 11.1 Å². The molecule has 0 bridgehead atoms. The monoisotopic (exact) mass is 279 g/mol. The predicted molar refractivity (Wildman–Crippen MR) is 88.7 cm³/mol. The molecule has 0 radical (unpaired) electrons. The molecule has 0 spiro atoms. The number of nitrogens with two attached hydrogens (primary N) is 1. The van der Waals surface area contributed by atoms with Crippen LogP contribution < -0.4 is 10.6 Å². The first-order valence-electron chi connectivity index (χ1n) is 7.41. The number of hydrogen-bond acceptors (Lipinski definition) is 3. The summed E-state index contributed by atoms with van der Waals surface area (Å²) in [5.41, 5.74) is 9.80. The molecule has 0 saturated heterocycles. The van der Waals surface area contributed by atoms with E-state index in [0.717, 1.165) is 5.69 Å². The molecule has 1 unspecified atom stereocenters. The van der Waals surface area contributed by atoms with E-state index in [9.17, 15) is 0 Å². The van der Waals surface area contributed by atoms with Gasteiger partial charge >= 0.3 is 0 Å². The van der Waals surface area contributed by atoms with Crippen LogP contribution >= 0.6 is 0 Å². The molecule has 1 aliphatic heterocycles. The summed E-state index contributed by atoms with van der Waals surface area (Å²) in [4.78, 5) is 6.55. The van der Waals surface area contributed by atoms with E-state index in [1.54, 1.807) is 0 Å². The smallest absolute Gasteiger partial charge is 0.196 e. The van der Waals surface area contributed by atoms with E-state index in [0.29, 0.717) is 18.4 Å². The Morgan fingerprint density at radius 2 is 1.71 bits per heavy atom. The van der Waals surface area contributed by atoms with Gasteiger partial charge in [0.05, 0.1) is 12.6 Å². The molecule has 0 amide bonds. The van der Waals surface area contributed by atoms with Crippen molar-refractivity contribution in [2.24, 2.45) is 10.7 Å². The van der Waals surface area contributed by atoms with Crippen LogP contribution in [-0.4, -0.2) is 12.5 Å². The minimum Gasteiger partial charge on any atom is -0.369 e. The highest BCUT2D eigenvalue weighted by atomic mass is 15.3. The van der Waals surface area contributed by atoms with Crippen LogP contribution in [-0.2, 0) is 0 Å². The zero-order chi connectivity index (χ0) is 14.8. The van der Waals surface area contributed by atoms with Gasteiger partial charge in [0, 0.05) is 5.69 Å². The fourth-order valence-electron chi connectivity index (χ4n) is 2.76. The highest BCUT2D eigenvalue weighted by Gasteiger charge is 2.28. The Morgan fingerprint density at radius 1 is 1.05 bits per heavy atom. The van der Waals surface area contributed by atoms with Crippen LogP contribution in [0, 0.1) is 0 Å². The maximum atomic E-state index is 6.09. The summed E-state index contributed by atoms with van der Waals surface area (Å²) in [7, 11) is 0. The van der Waals surface area contributed by atoms with Crippen molar-refractivity contribution in [3.63, 3.8) is 0 Å². The van der Waals surface area contributed by atoms with Gasteiger partial charge in [0.15, 0.2) is 5.96 Å². The van der Waals surface area contributed by atoms with Gasteiger partial charge in [-0.2, -0.15) is 0 Å². The van der Waals surface area contributed by atoms with Crippen molar-refractivity contribution < 1.29 is 0 Å². The Morgan fingerprint density at radius 3 is 2.33 bits per heavy atom. The molecule has 1 aliphatic rings. The second-order valence-corrected chi connectivity index (χ2v) is 5.74. The van der Waals surface area contributed by atoms with E-state index >= 15 is 0 Å². The first kappa shape index (κ1) is 13.7. The second-order valence-electron chi connectivity index (χ2n) is 5.74. The van der Waals surface area contributed by atoms with Gasteiger partial charge in [-0.25, -0.2) is 0 Å². The standard InChI is InChI=1S/C18H21N3/c1-13(2)14-8-10-15(11-9-14)17-12-20-18(19)21(17)16-6-4-3-5-7-16/h3-11,13,17H,12H2,1-2H3,(H2,19,20). The van der Waals surface area contributed by atoms with E-state index in [2.05, 4.69) is 60.1 Å². The molecule has 2 aromatic rings. The number of hydrogen-bond donors (Lipinski definition) is 1.